The van der Waals surface area contributed by atoms with Crippen molar-refractivity contribution < 1.29 is 9.21 Å². The molecule has 1 fully saturated rings. The van der Waals surface area contributed by atoms with E-state index in [0.717, 1.165) is 29.9 Å². The number of piperazine rings is 1. The highest BCUT2D eigenvalue weighted by Gasteiger charge is 2.29. The van der Waals surface area contributed by atoms with Gasteiger partial charge in [0, 0.05) is 42.9 Å². The molecule has 0 unspecified atom stereocenters. The quantitative estimate of drug-likeness (QED) is 0.689. The van der Waals surface area contributed by atoms with Gasteiger partial charge in [0.25, 0.3) is 6.01 Å². The number of hydrogen-bond donors (Lipinski definition) is 1. The van der Waals surface area contributed by atoms with Crippen LogP contribution >= 0.6 is 11.6 Å². The molecule has 1 aliphatic carbocycles. The Kier molecular flexibility index (Phi) is 5.52. The summed E-state index contributed by atoms with van der Waals surface area (Å²) in [5.41, 5.74) is 3.07. The Morgan fingerprint density at radius 1 is 1.09 bits per heavy atom. The molecule has 4 heterocycles. The maximum atomic E-state index is 13.1. The summed E-state index contributed by atoms with van der Waals surface area (Å²) in [6.45, 7) is 9.66. The van der Waals surface area contributed by atoms with E-state index < -0.39 is 0 Å². The maximum absolute atomic E-state index is 13.1. The number of pyridine rings is 1. The van der Waals surface area contributed by atoms with Gasteiger partial charge in [-0.05, 0) is 31.1 Å². The molecule has 9 nitrogen and oxygen atoms in total. The predicted molar refractivity (Wildman–Crippen MR) is 128 cm³/mol. The topological polar surface area (TPSA) is 90.1 Å². The number of carbonyl (C=O) groups excluding carboxylic acids is 1. The smallest absolute Gasteiger partial charge is 0.300 e. The molecule has 33 heavy (non-hydrogen) atoms. The summed E-state index contributed by atoms with van der Waals surface area (Å²) in [7, 11) is 0. The fourth-order valence-corrected chi connectivity index (χ4v) is 4.31. The number of nitrogens with one attached hydrogen (secondary N) is 1. The molecule has 0 spiro atoms. The first kappa shape index (κ1) is 21.8. The number of allylic oxidation sites excluding steroid dienone is 3. The van der Waals surface area contributed by atoms with E-state index in [-0.39, 0.29) is 11.3 Å². The zero-order valence-electron chi connectivity index (χ0n) is 19.1. The third-order valence-corrected chi connectivity index (χ3v) is 6.32. The standard InChI is InChI=1S/C23H28ClN7O2/c1-23(2,3)21-25-14-31(28-21)16-6-4-15(5-7-16)20(32)29-10-12-30(13-11-29)22-27-19-17(33-22)8-9-18(24)26-19/h4,6,8-9H,5,7,10-14H2,1-3H3,(H,25,28). The minimum absolute atomic E-state index is 0.00939. The molecule has 2 aromatic rings. The van der Waals surface area contributed by atoms with Crippen molar-refractivity contribution in [2.45, 2.75) is 33.6 Å². The third-order valence-electron chi connectivity index (χ3n) is 6.11. The van der Waals surface area contributed by atoms with Crippen LogP contribution in [-0.2, 0) is 4.79 Å². The zero-order chi connectivity index (χ0) is 23.2. The lowest BCUT2D eigenvalue weighted by Crippen LogP contribution is -2.49. The molecule has 0 atom stereocenters. The number of amidine groups is 1. The number of amides is 1. The van der Waals surface area contributed by atoms with Crippen molar-refractivity contribution in [3.8, 4) is 0 Å². The Bertz CT molecular complexity index is 1170. The normalized spacial score (nSPS) is 19.4. The molecule has 1 N–H and O–H groups in total. The summed E-state index contributed by atoms with van der Waals surface area (Å²) in [4.78, 5) is 25.7. The molecule has 0 bridgehead atoms. The maximum Gasteiger partial charge on any atom is 0.300 e. The monoisotopic (exact) mass is 469 g/mol. The van der Waals surface area contributed by atoms with Crippen LogP contribution in [0.1, 0.15) is 33.6 Å². The van der Waals surface area contributed by atoms with E-state index in [1.165, 1.54) is 0 Å². The molecule has 10 heteroatoms. The Hall–Kier alpha value is -3.07. The number of oxazole rings is 1. The number of nitrogens with zero attached hydrogens (tertiary/aromatic N) is 6. The number of anilines is 1. The van der Waals surface area contributed by atoms with Gasteiger partial charge in [-0.2, -0.15) is 10.1 Å². The molecule has 0 radical (unpaired) electrons. The highest BCUT2D eigenvalue weighted by molar-refractivity contribution is 6.29. The summed E-state index contributed by atoms with van der Waals surface area (Å²) < 4.78 is 5.81. The number of fused-ring (bicyclic) bond motifs is 1. The van der Waals surface area contributed by atoms with Gasteiger partial charge in [0.15, 0.2) is 5.58 Å². The molecule has 2 aliphatic heterocycles. The average Bonchev–Trinajstić information content (AvgIpc) is 3.46. The first-order valence-electron chi connectivity index (χ1n) is 11.3. The number of rotatable bonds is 3. The van der Waals surface area contributed by atoms with Crippen molar-refractivity contribution in [2.75, 3.05) is 37.7 Å². The third kappa shape index (κ3) is 4.42. The number of aromatic nitrogens is 2. The van der Waals surface area contributed by atoms with Crippen LogP contribution in [0.25, 0.3) is 11.2 Å². The second kappa shape index (κ2) is 8.37. The van der Waals surface area contributed by atoms with Crippen molar-refractivity contribution in [3.05, 3.63) is 40.7 Å². The van der Waals surface area contributed by atoms with Crippen molar-refractivity contribution in [1.82, 2.24) is 25.2 Å². The van der Waals surface area contributed by atoms with E-state index in [4.69, 9.17) is 21.1 Å². The van der Waals surface area contributed by atoms with Crippen LogP contribution in [0, 0.1) is 5.41 Å². The largest absolute Gasteiger partial charge is 0.422 e. The van der Waals surface area contributed by atoms with Crippen LogP contribution < -0.4 is 10.2 Å². The van der Waals surface area contributed by atoms with E-state index in [9.17, 15) is 4.79 Å². The van der Waals surface area contributed by atoms with Gasteiger partial charge in [-0.15, -0.1) is 0 Å². The van der Waals surface area contributed by atoms with Crippen molar-refractivity contribution >= 4 is 40.6 Å². The summed E-state index contributed by atoms with van der Waals surface area (Å²) in [6, 6.07) is 3.97. The number of hydrogen-bond acceptors (Lipinski definition) is 8. The van der Waals surface area contributed by atoms with Crippen molar-refractivity contribution in [2.24, 2.45) is 10.5 Å². The van der Waals surface area contributed by atoms with Gasteiger partial charge in [0.1, 0.15) is 17.7 Å². The van der Waals surface area contributed by atoms with Gasteiger partial charge in [-0.3, -0.25) is 4.79 Å². The number of carbonyl (C=O) groups is 1. The van der Waals surface area contributed by atoms with E-state index in [0.29, 0.717) is 55.2 Å². The van der Waals surface area contributed by atoms with Gasteiger partial charge < -0.3 is 19.5 Å². The number of halogens is 1. The molecular formula is C23H28ClN7O2. The van der Waals surface area contributed by atoms with Crippen LogP contribution in [0.5, 0.6) is 0 Å². The first-order valence-corrected chi connectivity index (χ1v) is 11.6. The molecule has 2 aromatic heterocycles. The van der Waals surface area contributed by atoms with Gasteiger partial charge in [-0.25, -0.2) is 9.99 Å². The van der Waals surface area contributed by atoms with Gasteiger partial charge in [-0.1, -0.05) is 38.4 Å². The molecule has 5 rings (SSSR count). The highest BCUT2D eigenvalue weighted by atomic mass is 35.5. The molecule has 174 valence electrons. The van der Waals surface area contributed by atoms with Crippen LogP contribution in [0.3, 0.4) is 0 Å². The van der Waals surface area contributed by atoms with Gasteiger partial charge in [0.05, 0.1) is 0 Å². The molecule has 3 aliphatic rings. The minimum Gasteiger partial charge on any atom is -0.422 e. The lowest BCUT2D eigenvalue weighted by atomic mass is 9.95. The second-order valence-corrected chi connectivity index (χ2v) is 9.90. The summed E-state index contributed by atoms with van der Waals surface area (Å²) in [5, 5.41) is 10.5. The van der Waals surface area contributed by atoms with E-state index >= 15 is 0 Å². The van der Waals surface area contributed by atoms with E-state index in [2.05, 4.69) is 36.1 Å². The summed E-state index contributed by atoms with van der Waals surface area (Å²) in [5.74, 6) is 1.10. The summed E-state index contributed by atoms with van der Waals surface area (Å²) in [6.07, 6.45) is 5.51. The van der Waals surface area contributed by atoms with Crippen LogP contribution in [-0.4, -0.2) is 64.5 Å². The zero-order valence-corrected chi connectivity index (χ0v) is 19.9. The lowest BCUT2D eigenvalue weighted by molar-refractivity contribution is -0.127. The van der Waals surface area contributed by atoms with E-state index in [1.807, 2.05) is 27.0 Å². The van der Waals surface area contributed by atoms with Crippen LogP contribution in [0.15, 0.2) is 45.1 Å². The Balaban J connectivity index is 1.20. The van der Waals surface area contributed by atoms with Gasteiger partial charge in [0.2, 0.25) is 11.6 Å². The lowest BCUT2D eigenvalue weighted by Gasteiger charge is -2.34. The summed E-state index contributed by atoms with van der Waals surface area (Å²) >= 11 is 5.94. The molecule has 1 amide bonds. The number of hydrazone groups is 1. The van der Waals surface area contributed by atoms with Crippen LogP contribution in [0.2, 0.25) is 5.15 Å². The molecule has 0 saturated carbocycles. The van der Waals surface area contributed by atoms with E-state index in [1.54, 1.807) is 12.1 Å². The molecular weight excluding hydrogens is 442 g/mol. The Labute approximate surface area is 197 Å². The van der Waals surface area contributed by atoms with Crippen molar-refractivity contribution in [1.29, 1.82) is 0 Å². The average molecular weight is 470 g/mol. The van der Waals surface area contributed by atoms with Crippen molar-refractivity contribution in [3.63, 3.8) is 0 Å². The second-order valence-electron chi connectivity index (χ2n) is 9.51. The first-order chi connectivity index (χ1) is 15.8. The fraction of sp³-hybridized carbons (Fsp3) is 0.478. The SMILES string of the molecule is CC(C)(C)C1=NN(C2=CC=C(C(=O)N3CCN(c4nc5nc(Cl)ccc5o4)CC3)CC2)CN1. The highest BCUT2D eigenvalue weighted by Crippen LogP contribution is 2.27. The van der Waals surface area contributed by atoms with Crippen LogP contribution in [0.4, 0.5) is 6.01 Å². The Morgan fingerprint density at radius 3 is 2.55 bits per heavy atom. The Morgan fingerprint density at radius 2 is 1.88 bits per heavy atom. The predicted octanol–water partition coefficient (Wildman–Crippen LogP) is 3.35. The molecule has 0 aromatic carbocycles. The van der Waals surface area contributed by atoms with Gasteiger partial charge >= 0.3 is 0 Å². The molecule has 1 saturated heterocycles. The fourth-order valence-electron chi connectivity index (χ4n) is 4.16. The minimum atomic E-state index is -0.00939.